The van der Waals surface area contributed by atoms with Crippen molar-refractivity contribution >= 4 is 23.9 Å². The van der Waals surface area contributed by atoms with Crippen LogP contribution in [-0.2, 0) is 28.7 Å². The number of nitrogens with zero attached hydrogens (tertiary/aromatic N) is 1. The third-order valence-electron chi connectivity index (χ3n) is 2.31. The van der Waals surface area contributed by atoms with Crippen molar-refractivity contribution in [1.29, 1.82) is 0 Å². The Hall–Kier alpha value is -2.12. The highest BCUT2D eigenvalue weighted by atomic mass is 16.8. The van der Waals surface area contributed by atoms with Crippen LogP contribution in [0.4, 0.5) is 4.79 Å². The Kier molecular flexibility index (Phi) is 5.95. The average molecular weight is 287 g/mol. The standard InChI is InChI=1S/C12H17NO7/c1-8(2)7-11(16)18-5-6-19-12(17)20-13-9(14)3-4-10(13)15/h8H,3-7H2,1-2H3. The van der Waals surface area contributed by atoms with Gasteiger partial charge in [0.1, 0.15) is 13.2 Å². The molecule has 0 bridgehead atoms. The first-order valence-electron chi connectivity index (χ1n) is 6.26. The van der Waals surface area contributed by atoms with Crippen LogP contribution in [0.25, 0.3) is 0 Å². The van der Waals surface area contributed by atoms with Gasteiger partial charge in [0, 0.05) is 19.3 Å². The molecule has 0 spiro atoms. The van der Waals surface area contributed by atoms with Crippen molar-refractivity contribution in [3.8, 4) is 0 Å². The highest BCUT2D eigenvalue weighted by Crippen LogP contribution is 2.12. The van der Waals surface area contributed by atoms with E-state index in [9.17, 15) is 19.2 Å². The molecule has 0 aromatic heterocycles. The average Bonchev–Trinajstić information content (AvgIpc) is 2.65. The van der Waals surface area contributed by atoms with E-state index in [-0.39, 0.29) is 44.4 Å². The van der Waals surface area contributed by atoms with Gasteiger partial charge in [-0.25, -0.2) is 4.79 Å². The number of imide groups is 1. The zero-order valence-corrected chi connectivity index (χ0v) is 11.4. The fourth-order valence-electron chi connectivity index (χ4n) is 1.43. The molecule has 0 radical (unpaired) electrons. The van der Waals surface area contributed by atoms with E-state index in [2.05, 4.69) is 9.57 Å². The molecule has 0 aromatic rings. The molecule has 2 amide bonds. The molecule has 8 heteroatoms. The van der Waals surface area contributed by atoms with Crippen molar-refractivity contribution in [3.05, 3.63) is 0 Å². The lowest BCUT2D eigenvalue weighted by molar-refractivity contribution is -0.177. The molecule has 0 saturated carbocycles. The summed E-state index contributed by atoms with van der Waals surface area (Å²) in [6.07, 6.45) is -0.882. The van der Waals surface area contributed by atoms with Crippen LogP contribution in [-0.4, -0.2) is 42.2 Å². The lowest BCUT2D eigenvalue weighted by Gasteiger charge is -2.12. The van der Waals surface area contributed by atoms with Crippen LogP contribution in [0.5, 0.6) is 0 Å². The van der Waals surface area contributed by atoms with Gasteiger partial charge in [0.05, 0.1) is 0 Å². The smallest absolute Gasteiger partial charge is 0.462 e. The Bertz CT molecular complexity index is 389. The van der Waals surface area contributed by atoms with Crippen molar-refractivity contribution in [2.24, 2.45) is 5.92 Å². The predicted molar refractivity (Wildman–Crippen MR) is 63.9 cm³/mol. The zero-order chi connectivity index (χ0) is 15.1. The molecule has 0 N–H and O–H groups in total. The van der Waals surface area contributed by atoms with Crippen LogP contribution in [0.3, 0.4) is 0 Å². The zero-order valence-electron chi connectivity index (χ0n) is 11.4. The number of esters is 1. The maximum Gasteiger partial charge on any atom is 0.534 e. The van der Waals surface area contributed by atoms with Crippen molar-refractivity contribution < 1.29 is 33.5 Å². The van der Waals surface area contributed by atoms with E-state index in [1.165, 1.54) is 0 Å². The van der Waals surface area contributed by atoms with Crippen LogP contribution in [0.15, 0.2) is 0 Å². The SMILES string of the molecule is CC(C)CC(=O)OCCOC(=O)ON1C(=O)CCC1=O. The summed E-state index contributed by atoms with van der Waals surface area (Å²) in [6.45, 7) is 3.43. The van der Waals surface area contributed by atoms with Gasteiger partial charge < -0.3 is 9.47 Å². The molecule has 20 heavy (non-hydrogen) atoms. The third kappa shape index (κ3) is 5.25. The Morgan fingerprint density at radius 3 is 2.20 bits per heavy atom. The summed E-state index contributed by atoms with van der Waals surface area (Å²) in [5, 5.41) is 0.382. The van der Waals surface area contributed by atoms with Crippen LogP contribution >= 0.6 is 0 Å². The van der Waals surface area contributed by atoms with Crippen LogP contribution in [0.1, 0.15) is 33.1 Å². The third-order valence-corrected chi connectivity index (χ3v) is 2.31. The van der Waals surface area contributed by atoms with Gasteiger partial charge in [-0.15, -0.1) is 0 Å². The monoisotopic (exact) mass is 287 g/mol. The minimum absolute atomic E-state index is 0.0128. The summed E-state index contributed by atoms with van der Waals surface area (Å²) in [4.78, 5) is 49.1. The number of rotatable bonds is 6. The number of amides is 2. The van der Waals surface area contributed by atoms with E-state index < -0.39 is 18.0 Å². The van der Waals surface area contributed by atoms with Crippen LogP contribution in [0, 0.1) is 5.92 Å². The molecular weight excluding hydrogens is 270 g/mol. The van der Waals surface area contributed by atoms with Crippen molar-refractivity contribution in [2.75, 3.05) is 13.2 Å². The number of hydrogen-bond acceptors (Lipinski definition) is 7. The molecule has 8 nitrogen and oxygen atoms in total. The van der Waals surface area contributed by atoms with Gasteiger partial charge in [0.2, 0.25) is 0 Å². The number of hydroxylamine groups is 2. The van der Waals surface area contributed by atoms with Crippen LogP contribution in [0.2, 0.25) is 0 Å². The second-order valence-electron chi connectivity index (χ2n) is 4.59. The summed E-state index contributed by atoms with van der Waals surface area (Å²) >= 11 is 0. The fraction of sp³-hybridized carbons (Fsp3) is 0.667. The lowest BCUT2D eigenvalue weighted by Crippen LogP contribution is -2.32. The van der Waals surface area contributed by atoms with E-state index in [4.69, 9.17) is 4.74 Å². The van der Waals surface area contributed by atoms with Gasteiger partial charge >= 0.3 is 12.1 Å². The number of ether oxygens (including phenoxy) is 2. The predicted octanol–water partition coefficient (Wildman–Crippen LogP) is 0.793. The summed E-state index contributed by atoms with van der Waals surface area (Å²) in [6, 6.07) is 0. The molecule has 0 atom stereocenters. The van der Waals surface area contributed by atoms with E-state index in [0.29, 0.717) is 5.06 Å². The summed E-state index contributed by atoms with van der Waals surface area (Å²) < 4.78 is 9.37. The minimum atomic E-state index is -1.19. The Labute approximate surface area is 115 Å². The molecule has 1 rings (SSSR count). The quantitative estimate of drug-likeness (QED) is 0.404. The number of hydrogen-bond donors (Lipinski definition) is 0. The number of carbonyl (C=O) groups excluding carboxylic acids is 4. The van der Waals surface area contributed by atoms with Crippen molar-refractivity contribution in [1.82, 2.24) is 5.06 Å². The molecule has 1 heterocycles. The van der Waals surface area contributed by atoms with Gasteiger partial charge in [-0.05, 0) is 5.92 Å². The summed E-state index contributed by atoms with van der Waals surface area (Å²) in [7, 11) is 0. The molecule has 1 aliphatic heterocycles. The molecule has 0 aromatic carbocycles. The minimum Gasteiger partial charge on any atom is -0.462 e. The lowest BCUT2D eigenvalue weighted by atomic mass is 10.1. The first-order valence-corrected chi connectivity index (χ1v) is 6.26. The van der Waals surface area contributed by atoms with Gasteiger partial charge in [0.25, 0.3) is 11.8 Å². The first-order chi connectivity index (χ1) is 9.40. The van der Waals surface area contributed by atoms with E-state index >= 15 is 0 Å². The normalized spacial score (nSPS) is 14.7. The Morgan fingerprint density at radius 2 is 1.65 bits per heavy atom. The maximum absolute atomic E-state index is 11.2. The second-order valence-corrected chi connectivity index (χ2v) is 4.59. The van der Waals surface area contributed by atoms with Crippen molar-refractivity contribution in [3.63, 3.8) is 0 Å². The molecule has 112 valence electrons. The maximum atomic E-state index is 11.2. The Morgan fingerprint density at radius 1 is 1.10 bits per heavy atom. The molecular formula is C12H17NO7. The highest BCUT2D eigenvalue weighted by molar-refractivity contribution is 6.01. The van der Waals surface area contributed by atoms with Gasteiger partial charge in [-0.2, -0.15) is 0 Å². The van der Waals surface area contributed by atoms with Crippen LogP contribution < -0.4 is 0 Å². The molecule has 1 saturated heterocycles. The van der Waals surface area contributed by atoms with E-state index in [1.807, 2.05) is 13.8 Å². The molecule has 0 unspecified atom stereocenters. The summed E-state index contributed by atoms with van der Waals surface area (Å²) in [5.41, 5.74) is 0. The second kappa shape index (κ2) is 7.46. The highest BCUT2D eigenvalue weighted by Gasteiger charge is 2.33. The fourth-order valence-corrected chi connectivity index (χ4v) is 1.43. The van der Waals surface area contributed by atoms with Gasteiger partial charge in [-0.3, -0.25) is 19.2 Å². The largest absolute Gasteiger partial charge is 0.534 e. The van der Waals surface area contributed by atoms with E-state index in [0.717, 1.165) is 0 Å². The van der Waals surface area contributed by atoms with Gasteiger partial charge in [-0.1, -0.05) is 18.9 Å². The first kappa shape index (κ1) is 15.9. The number of carbonyl (C=O) groups is 4. The summed E-state index contributed by atoms with van der Waals surface area (Å²) in [5.74, 6) is -1.38. The van der Waals surface area contributed by atoms with E-state index in [1.54, 1.807) is 0 Å². The van der Waals surface area contributed by atoms with Gasteiger partial charge in [0.15, 0.2) is 0 Å². The van der Waals surface area contributed by atoms with Crippen molar-refractivity contribution in [2.45, 2.75) is 33.1 Å². The molecule has 0 aliphatic carbocycles. The Balaban J connectivity index is 2.16. The molecule has 1 aliphatic rings. The molecule has 1 fully saturated rings. The topological polar surface area (TPSA) is 99.2 Å².